The lowest BCUT2D eigenvalue weighted by molar-refractivity contribution is -0.138. The lowest BCUT2D eigenvalue weighted by atomic mass is 9.98. The molecule has 4 aromatic carbocycles. The molecule has 7 heteroatoms. The summed E-state index contributed by atoms with van der Waals surface area (Å²) in [6.45, 7) is 5.20. The van der Waals surface area contributed by atoms with Crippen molar-refractivity contribution in [3.05, 3.63) is 96.6 Å². The van der Waals surface area contributed by atoms with E-state index in [2.05, 4.69) is 66.0 Å². The number of carbonyl (C=O) groups excluding carboxylic acids is 1. The van der Waals surface area contributed by atoms with Crippen LogP contribution in [0.1, 0.15) is 26.3 Å². The fourth-order valence-electron chi connectivity index (χ4n) is 4.58. The summed E-state index contributed by atoms with van der Waals surface area (Å²) in [6, 6.07) is 29.9. The van der Waals surface area contributed by atoms with Crippen molar-refractivity contribution in [2.75, 3.05) is 5.75 Å². The predicted molar refractivity (Wildman–Crippen MR) is 162 cm³/mol. The van der Waals surface area contributed by atoms with Gasteiger partial charge in [-0.2, -0.15) is 11.8 Å². The molecule has 5 aromatic rings. The van der Waals surface area contributed by atoms with Crippen LogP contribution in [0, 0.1) is 0 Å². The zero-order valence-electron chi connectivity index (χ0n) is 22.6. The summed E-state index contributed by atoms with van der Waals surface area (Å²) in [5.41, 5.74) is 6.44. The third-order valence-electron chi connectivity index (χ3n) is 6.40. The Hall–Kier alpha value is -4.23. The van der Waals surface area contributed by atoms with Gasteiger partial charge in [-0.25, -0.2) is 9.59 Å². The van der Waals surface area contributed by atoms with E-state index < -0.39 is 23.7 Å². The number of carboxylic acid groups (broad SMARTS) is 1. The highest BCUT2D eigenvalue weighted by atomic mass is 32.2. The zero-order valence-corrected chi connectivity index (χ0v) is 23.5. The summed E-state index contributed by atoms with van der Waals surface area (Å²) in [5.74, 6) is -0.258. The first kappa shape index (κ1) is 27.3. The molecule has 0 spiro atoms. The van der Waals surface area contributed by atoms with E-state index in [1.807, 2.05) is 30.3 Å². The van der Waals surface area contributed by atoms with Crippen LogP contribution < -0.4 is 5.32 Å². The second-order valence-corrected chi connectivity index (χ2v) is 11.6. The van der Waals surface area contributed by atoms with Crippen molar-refractivity contribution in [3.63, 3.8) is 0 Å². The van der Waals surface area contributed by atoms with Gasteiger partial charge >= 0.3 is 12.1 Å². The molecule has 0 aliphatic rings. The van der Waals surface area contributed by atoms with Crippen molar-refractivity contribution in [2.45, 2.75) is 38.2 Å². The highest BCUT2D eigenvalue weighted by Gasteiger charge is 2.24. The van der Waals surface area contributed by atoms with E-state index in [0.717, 1.165) is 49.8 Å². The molecule has 0 saturated heterocycles. The highest BCUT2D eigenvalue weighted by molar-refractivity contribution is 7.98. The average Bonchev–Trinajstić information content (AvgIpc) is 3.31. The molecule has 1 amide bonds. The second-order valence-electron chi connectivity index (χ2n) is 10.6. The molecule has 0 aliphatic heterocycles. The number of rotatable bonds is 8. The van der Waals surface area contributed by atoms with E-state index in [-0.39, 0.29) is 5.75 Å². The van der Waals surface area contributed by atoms with Gasteiger partial charge in [0.25, 0.3) is 0 Å². The molecule has 1 heterocycles. The predicted octanol–water partition coefficient (Wildman–Crippen LogP) is 8.13. The molecule has 0 bridgehead atoms. The Bertz CT molecular complexity index is 1670. The Morgan fingerprint density at radius 1 is 0.875 bits per heavy atom. The summed E-state index contributed by atoms with van der Waals surface area (Å²) >= 11 is 1.45. The lowest BCUT2D eigenvalue weighted by Gasteiger charge is -2.21. The van der Waals surface area contributed by atoms with Gasteiger partial charge in [0.05, 0.1) is 0 Å². The monoisotopic (exact) mass is 553 g/mol. The number of amides is 1. The topological polar surface area (TPSA) is 88.8 Å². The number of carbonyl (C=O) groups is 2. The molecule has 204 valence electrons. The third kappa shape index (κ3) is 6.32. The summed E-state index contributed by atoms with van der Waals surface area (Å²) in [7, 11) is 0. The molecular formula is C33H31NO5S. The number of ether oxygens (including phenoxy) is 1. The maximum absolute atomic E-state index is 12.0. The largest absolute Gasteiger partial charge is 0.480 e. The Labute approximate surface area is 237 Å². The van der Waals surface area contributed by atoms with Gasteiger partial charge in [0.1, 0.15) is 22.8 Å². The fraction of sp³-hybridized carbons (Fsp3) is 0.212. The summed E-state index contributed by atoms with van der Waals surface area (Å²) in [5, 5.41) is 14.2. The van der Waals surface area contributed by atoms with E-state index >= 15 is 0 Å². The van der Waals surface area contributed by atoms with Crippen LogP contribution in [0.5, 0.6) is 0 Å². The molecule has 0 fully saturated rings. The summed E-state index contributed by atoms with van der Waals surface area (Å²) < 4.78 is 11.4. The van der Waals surface area contributed by atoms with Crippen LogP contribution in [0.4, 0.5) is 4.79 Å². The van der Waals surface area contributed by atoms with Gasteiger partial charge in [-0.05, 0) is 49.1 Å². The van der Waals surface area contributed by atoms with E-state index in [1.54, 1.807) is 20.8 Å². The number of para-hydroxylation sites is 2. The van der Waals surface area contributed by atoms with Crippen LogP contribution in [-0.2, 0) is 15.3 Å². The van der Waals surface area contributed by atoms with Gasteiger partial charge in [-0.3, -0.25) is 0 Å². The van der Waals surface area contributed by atoms with Crippen molar-refractivity contribution in [2.24, 2.45) is 0 Å². The maximum Gasteiger partial charge on any atom is 0.408 e. The smallest absolute Gasteiger partial charge is 0.408 e. The van der Waals surface area contributed by atoms with Gasteiger partial charge < -0.3 is 19.6 Å². The molecule has 1 aromatic heterocycles. The third-order valence-corrected chi connectivity index (χ3v) is 7.51. The summed E-state index contributed by atoms with van der Waals surface area (Å²) in [4.78, 5) is 23.7. The van der Waals surface area contributed by atoms with Crippen molar-refractivity contribution in [1.82, 2.24) is 5.32 Å². The van der Waals surface area contributed by atoms with Crippen LogP contribution in [0.2, 0.25) is 0 Å². The minimum Gasteiger partial charge on any atom is -0.480 e. The van der Waals surface area contributed by atoms with Gasteiger partial charge in [-0.1, -0.05) is 84.9 Å². The molecule has 5 rings (SSSR count). The number of fused-ring (bicyclic) bond motifs is 3. The van der Waals surface area contributed by atoms with E-state index in [1.165, 1.54) is 11.8 Å². The number of hydrogen-bond acceptors (Lipinski definition) is 5. The standard InChI is InChI=1S/C33H31NO5S/c1-33(2,3)39-32(37)34-28(31(35)36)20-40-19-21-8-6-9-24(18-21)22-14-16-23(17-15-22)25-11-7-12-27-26-10-4-5-13-29(26)38-30(25)27/h4-18,28H,19-20H2,1-3H3,(H,34,37)(H,35,36). The molecule has 2 N–H and O–H groups in total. The highest BCUT2D eigenvalue weighted by Crippen LogP contribution is 2.36. The van der Waals surface area contributed by atoms with Gasteiger partial charge in [-0.15, -0.1) is 0 Å². The van der Waals surface area contributed by atoms with Crippen molar-refractivity contribution >= 4 is 45.8 Å². The number of benzene rings is 4. The Morgan fingerprint density at radius 3 is 2.33 bits per heavy atom. The lowest BCUT2D eigenvalue weighted by Crippen LogP contribution is -2.44. The Balaban J connectivity index is 1.27. The zero-order chi connectivity index (χ0) is 28.3. The van der Waals surface area contributed by atoms with Crippen LogP contribution in [0.15, 0.2) is 95.4 Å². The number of hydrogen-bond donors (Lipinski definition) is 2. The van der Waals surface area contributed by atoms with Gasteiger partial charge in [0.2, 0.25) is 0 Å². The number of carboxylic acids is 1. The number of alkyl carbamates (subject to hydrolysis) is 1. The van der Waals surface area contributed by atoms with Crippen LogP contribution in [0.25, 0.3) is 44.2 Å². The van der Waals surface area contributed by atoms with Crippen LogP contribution >= 0.6 is 11.8 Å². The molecule has 0 saturated carbocycles. The van der Waals surface area contributed by atoms with Crippen molar-refractivity contribution in [3.8, 4) is 22.3 Å². The minimum absolute atomic E-state index is 0.223. The molecule has 0 radical (unpaired) electrons. The number of nitrogens with one attached hydrogen (secondary N) is 1. The molecule has 1 atom stereocenters. The van der Waals surface area contributed by atoms with Crippen LogP contribution in [-0.4, -0.2) is 34.6 Å². The molecule has 40 heavy (non-hydrogen) atoms. The van der Waals surface area contributed by atoms with Crippen molar-refractivity contribution in [1.29, 1.82) is 0 Å². The quantitative estimate of drug-likeness (QED) is 0.202. The minimum atomic E-state index is -1.09. The number of aliphatic carboxylic acids is 1. The van der Waals surface area contributed by atoms with Gasteiger partial charge in [0.15, 0.2) is 0 Å². The van der Waals surface area contributed by atoms with Gasteiger partial charge in [0, 0.05) is 27.8 Å². The Morgan fingerprint density at radius 2 is 1.57 bits per heavy atom. The first-order valence-corrected chi connectivity index (χ1v) is 14.2. The first-order valence-electron chi connectivity index (χ1n) is 13.1. The van der Waals surface area contributed by atoms with E-state index in [0.29, 0.717) is 5.75 Å². The fourth-order valence-corrected chi connectivity index (χ4v) is 5.57. The molecule has 6 nitrogen and oxygen atoms in total. The Kier molecular flexibility index (Phi) is 7.85. The second kappa shape index (κ2) is 11.5. The first-order chi connectivity index (χ1) is 19.2. The van der Waals surface area contributed by atoms with Crippen LogP contribution in [0.3, 0.4) is 0 Å². The molecule has 0 aliphatic carbocycles. The normalized spacial score (nSPS) is 12.4. The maximum atomic E-state index is 12.0. The number of furan rings is 1. The SMILES string of the molecule is CC(C)(C)OC(=O)NC(CSCc1cccc(-c2ccc(-c3cccc4c3oc3ccccc34)cc2)c1)C(=O)O. The van der Waals surface area contributed by atoms with E-state index in [9.17, 15) is 14.7 Å². The summed E-state index contributed by atoms with van der Waals surface area (Å²) in [6.07, 6.45) is -0.734. The van der Waals surface area contributed by atoms with Crippen molar-refractivity contribution < 1.29 is 23.8 Å². The molecular weight excluding hydrogens is 522 g/mol. The average molecular weight is 554 g/mol. The number of thioether (sulfide) groups is 1. The molecule has 1 unspecified atom stereocenters. The van der Waals surface area contributed by atoms with E-state index in [4.69, 9.17) is 9.15 Å².